The second kappa shape index (κ2) is 5.75. The average Bonchev–Trinajstić information content (AvgIpc) is 2.89. The number of nitrogens with two attached hydrogens (primary N) is 1. The Kier molecular flexibility index (Phi) is 4.07. The third-order valence-corrected chi connectivity index (χ3v) is 3.32. The second-order valence-electron chi connectivity index (χ2n) is 3.66. The molecule has 0 saturated carbocycles. The van der Waals surface area contributed by atoms with Crippen molar-refractivity contribution in [3.63, 3.8) is 0 Å². The van der Waals surface area contributed by atoms with E-state index < -0.39 is 0 Å². The Balaban J connectivity index is 2.20. The van der Waals surface area contributed by atoms with E-state index in [0.717, 1.165) is 16.1 Å². The van der Waals surface area contributed by atoms with E-state index in [1.807, 2.05) is 24.3 Å². The highest BCUT2D eigenvalue weighted by molar-refractivity contribution is 7.13. The Morgan fingerprint density at radius 1 is 1.39 bits per heavy atom. The number of nitrogens with zero attached hydrogens (tertiary/aromatic N) is 1. The van der Waals surface area contributed by atoms with Crippen LogP contribution in [0.15, 0.2) is 29.6 Å². The lowest BCUT2D eigenvalue weighted by Crippen LogP contribution is -2.04. The minimum atomic E-state index is -0.376. The fourth-order valence-electron chi connectivity index (χ4n) is 1.49. The van der Waals surface area contributed by atoms with Crippen molar-refractivity contribution in [3.8, 4) is 10.6 Å². The predicted octanol–water partition coefficient (Wildman–Crippen LogP) is 2.45. The van der Waals surface area contributed by atoms with Crippen molar-refractivity contribution in [2.24, 2.45) is 5.73 Å². The van der Waals surface area contributed by atoms with Gasteiger partial charge < -0.3 is 10.5 Å². The lowest BCUT2D eigenvalue weighted by Gasteiger charge is -1.99. The molecule has 18 heavy (non-hydrogen) atoms. The first-order valence-corrected chi connectivity index (χ1v) is 6.54. The molecule has 0 aliphatic carbocycles. The van der Waals surface area contributed by atoms with Gasteiger partial charge >= 0.3 is 5.97 Å². The van der Waals surface area contributed by atoms with Crippen molar-refractivity contribution in [2.45, 2.75) is 13.5 Å². The summed E-state index contributed by atoms with van der Waals surface area (Å²) in [5.41, 5.74) is 7.95. The van der Waals surface area contributed by atoms with Crippen molar-refractivity contribution in [3.05, 3.63) is 40.9 Å². The van der Waals surface area contributed by atoms with Gasteiger partial charge in [0.15, 0.2) is 5.69 Å². The van der Waals surface area contributed by atoms with Gasteiger partial charge in [0.25, 0.3) is 0 Å². The van der Waals surface area contributed by atoms with Gasteiger partial charge in [-0.25, -0.2) is 9.78 Å². The van der Waals surface area contributed by atoms with Crippen LogP contribution in [0.4, 0.5) is 0 Å². The number of rotatable bonds is 4. The van der Waals surface area contributed by atoms with Crippen LogP contribution in [-0.4, -0.2) is 17.6 Å². The molecule has 1 aromatic heterocycles. The molecule has 0 unspecified atom stereocenters. The first-order valence-electron chi connectivity index (χ1n) is 5.66. The summed E-state index contributed by atoms with van der Waals surface area (Å²) < 4.78 is 4.90. The van der Waals surface area contributed by atoms with Crippen LogP contribution in [0.5, 0.6) is 0 Å². The number of hydrogen-bond donors (Lipinski definition) is 1. The Hall–Kier alpha value is -1.72. The molecule has 0 bridgehead atoms. The van der Waals surface area contributed by atoms with Gasteiger partial charge in [0.1, 0.15) is 5.01 Å². The van der Waals surface area contributed by atoms with Crippen molar-refractivity contribution < 1.29 is 9.53 Å². The molecule has 0 aliphatic rings. The van der Waals surface area contributed by atoms with E-state index in [4.69, 9.17) is 10.5 Å². The third kappa shape index (κ3) is 2.75. The van der Waals surface area contributed by atoms with Crippen LogP contribution in [0.1, 0.15) is 23.0 Å². The van der Waals surface area contributed by atoms with Gasteiger partial charge in [-0.1, -0.05) is 24.3 Å². The molecule has 1 heterocycles. The summed E-state index contributed by atoms with van der Waals surface area (Å²) in [7, 11) is 0. The van der Waals surface area contributed by atoms with Crippen LogP contribution in [0.25, 0.3) is 10.6 Å². The third-order valence-electron chi connectivity index (χ3n) is 2.43. The van der Waals surface area contributed by atoms with E-state index in [1.165, 1.54) is 11.3 Å². The van der Waals surface area contributed by atoms with Crippen LogP contribution in [0.2, 0.25) is 0 Å². The van der Waals surface area contributed by atoms with Gasteiger partial charge in [0.2, 0.25) is 0 Å². The number of carbonyl (C=O) groups excluding carboxylic acids is 1. The SMILES string of the molecule is CCOC(=O)c1csc(-c2ccc(CN)cc2)n1. The van der Waals surface area contributed by atoms with E-state index in [0.29, 0.717) is 18.8 Å². The molecule has 0 radical (unpaired) electrons. The van der Waals surface area contributed by atoms with Crippen molar-refractivity contribution in [1.82, 2.24) is 4.98 Å². The molecule has 4 nitrogen and oxygen atoms in total. The van der Waals surface area contributed by atoms with Gasteiger partial charge in [0, 0.05) is 17.5 Å². The summed E-state index contributed by atoms with van der Waals surface area (Å²) in [5.74, 6) is -0.376. The van der Waals surface area contributed by atoms with Gasteiger partial charge in [-0.15, -0.1) is 11.3 Å². The minimum absolute atomic E-state index is 0.358. The fraction of sp³-hybridized carbons (Fsp3) is 0.231. The second-order valence-corrected chi connectivity index (χ2v) is 4.52. The summed E-state index contributed by atoms with van der Waals surface area (Å²) in [4.78, 5) is 15.8. The van der Waals surface area contributed by atoms with Crippen LogP contribution >= 0.6 is 11.3 Å². The summed E-state index contributed by atoms with van der Waals surface area (Å²) in [6, 6.07) is 7.83. The van der Waals surface area contributed by atoms with Crippen LogP contribution < -0.4 is 5.73 Å². The van der Waals surface area contributed by atoms with E-state index >= 15 is 0 Å². The summed E-state index contributed by atoms with van der Waals surface area (Å²) in [5, 5.41) is 2.52. The zero-order valence-corrected chi connectivity index (χ0v) is 10.9. The molecule has 0 spiro atoms. The summed E-state index contributed by atoms with van der Waals surface area (Å²) in [6.07, 6.45) is 0. The Morgan fingerprint density at radius 3 is 2.72 bits per heavy atom. The van der Waals surface area contributed by atoms with Gasteiger partial charge in [0.05, 0.1) is 6.61 Å². The van der Waals surface area contributed by atoms with Crippen LogP contribution in [0.3, 0.4) is 0 Å². The number of ether oxygens (including phenoxy) is 1. The lowest BCUT2D eigenvalue weighted by molar-refractivity contribution is 0.0520. The van der Waals surface area contributed by atoms with E-state index in [2.05, 4.69) is 4.98 Å². The van der Waals surface area contributed by atoms with Crippen molar-refractivity contribution in [1.29, 1.82) is 0 Å². The predicted molar refractivity (Wildman–Crippen MR) is 71.4 cm³/mol. The first-order chi connectivity index (χ1) is 8.74. The van der Waals surface area contributed by atoms with Gasteiger partial charge in [-0.3, -0.25) is 0 Å². The van der Waals surface area contributed by atoms with Gasteiger partial charge in [-0.2, -0.15) is 0 Å². The zero-order valence-electron chi connectivity index (χ0n) is 10.1. The molecule has 94 valence electrons. The average molecular weight is 262 g/mol. The molecule has 0 aliphatic heterocycles. The van der Waals surface area contributed by atoms with Crippen LogP contribution in [-0.2, 0) is 11.3 Å². The highest BCUT2D eigenvalue weighted by Gasteiger charge is 2.12. The normalized spacial score (nSPS) is 10.3. The van der Waals surface area contributed by atoms with Crippen molar-refractivity contribution >= 4 is 17.3 Å². The Labute approximate surface area is 109 Å². The molecule has 2 aromatic rings. The van der Waals surface area contributed by atoms with E-state index in [9.17, 15) is 4.79 Å². The highest BCUT2D eigenvalue weighted by atomic mass is 32.1. The molecule has 2 N–H and O–H groups in total. The number of aromatic nitrogens is 1. The quantitative estimate of drug-likeness (QED) is 0.859. The molecule has 1 aromatic carbocycles. The summed E-state index contributed by atoms with van der Waals surface area (Å²) in [6.45, 7) is 2.65. The first kappa shape index (κ1) is 12.7. The Bertz CT molecular complexity index is 534. The monoisotopic (exact) mass is 262 g/mol. The maximum Gasteiger partial charge on any atom is 0.357 e. The Morgan fingerprint density at radius 2 is 2.11 bits per heavy atom. The van der Waals surface area contributed by atoms with Gasteiger partial charge in [-0.05, 0) is 12.5 Å². The van der Waals surface area contributed by atoms with E-state index in [1.54, 1.807) is 12.3 Å². The molecule has 5 heteroatoms. The molecular formula is C13H14N2O2S. The van der Waals surface area contributed by atoms with Crippen molar-refractivity contribution in [2.75, 3.05) is 6.61 Å². The topological polar surface area (TPSA) is 65.2 Å². The number of esters is 1. The number of benzene rings is 1. The van der Waals surface area contributed by atoms with E-state index in [-0.39, 0.29) is 5.97 Å². The molecule has 0 amide bonds. The standard InChI is InChI=1S/C13H14N2O2S/c1-2-17-13(16)11-8-18-12(15-11)10-5-3-9(7-14)4-6-10/h3-6,8H,2,7,14H2,1H3. The number of carbonyl (C=O) groups is 1. The lowest BCUT2D eigenvalue weighted by atomic mass is 10.1. The fourth-order valence-corrected chi connectivity index (χ4v) is 2.28. The molecule has 0 saturated heterocycles. The largest absolute Gasteiger partial charge is 0.461 e. The minimum Gasteiger partial charge on any atom is -0.461 e. The molecule has 0 atom stereocenters. The maximum atomic E-state index is 11.5. The molecule has 0 fully saturated rings. The smallest absolute Gasteiger partial charge is 0.357 e. The molecule has 2 rings (SSSR count). The summed E-state index contributed by atoms with van der Waals surface area (Å²) >= 11 is 1.43. The van der Waals surface area contributed by atoms with Crippen LogP contribution in [0, 0.1) is 0 Å². The molecular weight excluding hydrogens is 248 g/mol. The highest BCUT2D eigenvalue weighted by Crippen LogP contribution is 2.24. The maximum absolute atomic E-state index is 11.5. The zero-order chi connectivity index (χ0) is 13.0. The number of hydrogen-bond acceptors (Lipinski definition) is 5. The number of thiazole rings is 1.